The zero-order valence-electron chi connectivity index (χ0n) is 15.4. The second-order valence-corrected chi connectivity index (χ2v) is 8.03. The zero-order valence-corrected chi connectivity index (χ0v) is 16.2. The first-order valence-electron chi connectivity index (χ1n) is 8.66. The van der Waals surface area contributed by atoms with E-state index in [4.69, 9.17) is 4.18 Å². The van der Waals surface area contributed by atoms with E-state index in [0.717, 1.165) is 16.7 Å². The molecule has 4 nitrogen and oxygen atoms in total. The Morgan fingerprint density at radius 2 is 1.36 bits per heavy atom. The molecule has 0 aliphatic rings. The van der Waals surface area contributed by atoms with E-state index in [9.17, 15) is 17.6 Å². The van der Waals surface area contributed by atoms with E-state index < -0.39 is 22.0 Å². The lowest BCUT2D eigenvalue weighted by Crippen LogP contribution is -2.24. The van der Waals surface area contributed by atoms with Crippen molar-refractivity contribution in [2.45, 2.75) is 24.8 Å². The normalized spacial score (nSPS) is 12.5. The van der Waals surface area contributed by atoms with E-state index in [0.29, 0.717) is 5.56 Å². The number of hydrogen-bond donors (Lipinski definition) is 0. The summed E-state index contributed by atoms with van der Waals surface area (Å²) in [5, 5.41) is 0. The van der Waals surface area contributed by atoms with Crippen LogP contribution >= 0.6 is 0 Å². The van der Waals surface area contributed by atoms with Crippen LogP contribution in [0.15, 0.2) is 77.7 Å². The molecule has 0 saturated heterocycles. The standard InChI is InChI=1S/C22H19FO4S/c1-15-3-13-21(14-4-15)28(25,26)27-16(2)22(24)19-7-5-17(6-8-19)18-9-11-20(23)12-10-18/h3-14,16H,1-2H3/t16-/m1/s1. The molecule has 0 radical (unpaired) electrons. The lowest BCUT2D eigenvalue weighted by molar-refractivity contribution is 0.0826. The smallest absolute Gasteiger partial charge is 0.291 e. The number of halogens is 1. The van der Waals surface area contributed by atoms with Crippen molar-refractivity contribution in [1.29, 1.82) is 0 Å². The van der Waals surface area contributed by atoms with Crippen molar-refractivity contribution in [2.24, 2.45) is 0 Å². The molecule has 28 heavy (non-hydrogen) atoms. The molecule has 0 fully saturated rings. The first kappa shape index (κ1) is 19.9. The number of carbonyl (C=O) groups is 1. The molecular formula is C22H19FO4S. The first-order valence-corrected chi connectivity index (χ1v) is 10.1. The fourth-order valence-electron chi connectivity index (χ4n) is 2.70. The van der Waals surface area contributed by atoms with Gasteiger partial charge in [-0.05, 0) is 49.2 Å². The second-order valence-electron chi connectivity index (χ2n) is 6.45. The number of benzene rings is 3. The number of rotatable bonds is 6. The Morgan fingerprint density at radius 1 is 0.857 bits per heavy atom. The highest BCUT2D eigenvalue weighted by atomic mass is 32.2. The average Bonchev–Trinajstić information content (AvgIpc) is 2.68. The maximum Gasteiger partial charge on any atom is 0.297 e. The molecule has 0 aromatic heterocycles. The molecule has 0 bridgehead atoms. The van der Waals surface area contributed by atoms with Crippen molar-refractivity contribution in [3.63, 3.8) is 0 Å². The molecule has 3 aromatic rings. The maximum atomic E-state index is 13.0. The van der Waals surface area contributed by atoms with Gasteiger partial charge in [0.2, 0.25) is 0 Å². The van der Waals surface area contributed by atoms with Crippen LogP contribution in [-0.2, 0) is 14.3 Å². The van der Waals surface area contributed by atoms with Gasteiger partial charge in [-0.15, -0.1) is 0 Å². The Bertz CT molecular complexity index is 1070. The van der Waals surface area contributed by atoms with Gasteiger partial charge in [0.15, 0.2) is 5.78 Å². The molecule has 0 aliphatic heterocycles. The van der Waals surface area contributed by atoms with E-state index in [1.165, 1.54) is 31.2 Å². The van der Waals surface area contributed by atoms with Crippen LogP contribution in [0.2, 0.25) is 0 Å². The van der Waals surface area contributed by atoms with Gasteiger partial charge in [0.05, 0.1) is 4.90 Å². The van der Waals surface area contributed by atoms with Crippen molar-refractivity contribution in [3.8, 4) is 11.1 Å². The summed E-state index contributed by atoms with van der Waals surface area (Å²) in [6.07, 6.45) is -1.16. The Kier molecular flexibility index (Phi) is 5.72. The summed E-state index contributed by atoms with van der Waals surface area (Å²) in [4.78, 5) is 12.6. The Morgan fingerprint density at radius 3 is 1.89 bits per heavy atom. The van der Waals surface area contributed by atoms with Crippen LogP contribution in [0.4, 0.5) is 4.39 Å². The highest BCUT2D eigenvalue weighted by molar-refractivity contribution is 7.86. The Balaban J connectivity index is 1.74. The number of aryl methyl sites for hydroxylation is 1. The van der Waals surface area contributed by atoms with E-state index in [2.05, 4.69) is 0 Å². The second kappa shape index (κ2) is 8.04. The molecule has 6 heteroatoms. The average molecular weight is 398 g/mol. The van der Waals surface area contributed by atoms with Crippen molar-refractivity contribution in [2.75, 3.05) is 0 Å². The topological polar surface area (TPSA) is 60.4 Å². The van der Waals surface area contributed by atoms with Gasteiger partial charge in [0.25, 0.3) is 10.1 Å². The molecule has 0 N–H and O–H groups in total. The molecule has 0 aliphatic carbocycles. The molecule has 0 unspecified atom stereocenters. The van der Waals surface area contributed by atoms with Crippen molar-refractivity contribution >= 4 is 15.9 Å². The molecule has 1 atom stereocenters. The SMILES string of the molecule is Cc1ccc(S(=O)(=O)O[C@H](C)C(=O)c2ccc(-c3ccc(F)cc3)cc2)cc1. The third-order valence-electron chi connectivity index (χ3n) is 4.30. The van der Waals surface area contributed by atoms with E-state index >= 15 is 0 Å². The van der Waals surface area contributed by atoms with Crippen LogP contribution in [0.25, 0.3) is 11.1 Å². The number of Topliss-reactive ketones (excluding diaryl/α,β-unsaturated/α-hetero) is 1. The molecule has 3 rings (SSSR count). The fraction of sp³-hybridized carbons (Fsp3) is 0.136. The van der Waals surface area contributed by atoms with Crippen molar-refractivity contribution < 1.29 is 21.8 Å². The summed E-state index contributed by atoms with van der Waals surface area (Å²) < 4.78 is 42.8. The highest BCUT2D eigenvalue weighted by Crippen LogP contribution is 2.22. The van der Waals surface area contributed by atoms with Crippen LogP contribution in [0, 0.1) is 12.7 Å². The molecule has 0 heterocycles. The van der Waals surface area contributed by atoms with Gasteiger partial charge in [0.1, 0.15) is 11.9 Å². The molecule has 0 saturated carbocycles. The summed E-state index contributed by atoms with van der Waals surface area (Å²) in [7, 11) is -4.04. The van der Waals surface area contributed by atoms with Gasteiger partial charge < -0.3 is 0 Å². The van der Waals surface area contributed by atoms with Gasteiger partial charge in [-0.1, -0.05) is 54.1 Å². The third kappa shape index (κ3) is 4.52. The van der Waals surface area contributed by atoms with Gasteiger partial charge in [-0.25, -0.2) is 4.39 Å². The van der Waals surface area contributed by atoms with Gasteiger partial charge in [-0.2, -0.15) is 8.42 Å². The Hall–Kier alpha value is -2.83. The molecule has 3 aromatic carbocycles. The molecule has 144 valence electrons. The van der Waals surface area contributed by atoms with Crippen LogP contribution < -0.4 is 0 Å². The summed E-state index contributed by atoms with van der Waals surface area (Å²) in [6.45, 7) is 3.25. The zero-order chi connectivity index (χ0) is 20.3. The minimum absolute atomic E-state index is 0.00408. The predicted octanol–water partition coefficient (Wildman–Crippen LogP) is 4.78. The summed E-state index contributed by atoms with van der Waals surface area (Å²) in [5.74, 6) is -0.766. The fourth-order valence-corrected chi connectivity index (χ4v) is 3.75. The quantitative estimate of drug-likeness (QED) is 0.443. The summed E-state index contributed by atoms with van der Waals surface area (Å²) in [6, 6.07) is 18.9. The summed E-state index contributed by atoms with van der Waals surface area (Å²) >= 11 is 0. The summed E-state index contributed by atoms with van der Waals surface area (Å²) in [5.41, 5.74) is 2.88. The van der Waals surface area contributed by atoms with E-state index in [1.807, 2.05) is 6.92 Å². The lowest BCUT2D eigenvalue weighted by atomic mass is 10.0. The monoisotopic (exact) mass is 398 g/mol. The third-order valence-corrected chi connectivity index (χ3v) is 5.69. The minimum Gasteiger partial charge on any atom is -0.291 e. The van der Waals surface area contributed by atoms with E-state index in [1.54, 1.807) is 48.5 Å². The van der Waals surface area contributed by atoms with E-state index in [-0.39, 0.29) is 10.7 Å². The van der Waals surface area contributed by atoms with Gasteiger partial charge in [-0.3, -0.25) is 8.98 Å². The number of hydrogen-bond acceptors (Lipinski definition) is 4. The molecule has 0 spiro atoms. The van der Waals surface area contributed by atoms with Crippen LogP contribution in [-0.4, -0.2) is 20.3 Å². The first-order chi connectivity index (χ1) is 13.3. The van der Waals surface area contributed by atoms with Crippen LogP contribution in [0.1, 0.15) is 22.8 Å². The number of ketones is 1. The minimum atomic E-state index is -4.04. The maximum absolute atomic E-state index is 13.0. The lowest BCUT2D eigenvalue weighted by Gasteiger charge is -2.13. The van der Waals surface area contributed by atoms with Crippen LogP contribution in [0.3, 0.4) is 0 Å². The van der Waals surface area contributed by atoms with Crippen molar-refractivity contribution in [1.82, 2.24) is 0 Å². The van der Waals surface area contributed by atoms with Gasteiger partial charge in [0, 0.05) is 5.56 Å². The molecule has 0 amide bonds. The highest BCUT2D eigenvalue weighted by Gasteiger charge is 2.24. The van der Waals surface area contributed by atoms with Crippen molar-refractivity contribution in [3.05, 3.63) is 89.7 Å². The van der Waals surface area contributed by atoms with Crippen LogP contribution in [0.5, 0.6) is 0 Å². The Labute approximate surface area is 163 Å². The number of carbonyl (C=O) groups excluding carboxylic acids is 1. The molecular weight excluding hydrogens is 379 g/mol. The van der Waals surface area contributed by atoms with Gasteiger partial charge >= 0.3 is 0 Å². The predicted molar refractivity (Wildman–Crippen MR) is 105 cm³/mol. The largest absolute Gasteiger partial charge is 0.297 e.